The molecular formula is C38H30F9N7O5. The molecule has 1 N–H and O–H groups in total. The molecule has 0 fully saturated rings. The lowest BCUT2D eigenvalue weighted by atomic mass is 10.0. The Kier molecular flexibility index (Phi) is 10.9. The molecule has 0 spiro atoms. The van der Waals surface area contributed by atoms with Gasteiger partial charge < -0.3 is 24.3 Å². The molecule has 3 heterocycles. The largest absolute Gasteiger partial charge is 0.491 e. The number of carbonyl (C=O) groups is 1. The topological polar surface area (TPSA) is 140 Å². The van der Waals surface area contributed by atoms with Crippen LogP contribution in [-0.4, -0.2) is 50.9 Å². The molecule has 59 heavy (non-hydrogen) atoms. The summed E-state index contributed by atoms with van der Waals surface area (Å²) in [6.07, 6.45) is -14.0. The van der Waals surface area contributed by atoms with Crippen LogP contribution in [0.2, 0.25) is 0 Å². The third kappa shape index (κ3) is 8.89. The minimum Gasteiger partial charge on any atom is -0.491 e. The molecule has 0 saturated carbocycles. The molecule has 1 amide bonds. The van der Waals surface area contributed by atoms with Crippen LogP contribution in [0.4, 0.5) is 39.5 Å². The van der Waals surface area contributed by atoms with E-state index >= 15 is 0 Å². The van der Waals surface area contributed by atoms with Crippen molar-refractivity contribution >= 4 is 5.91 Å². The van der Waals surface area contributed by atoms with Gasteiger partial charge in [0, 0.05) is 28.8 Å². The van der Waals surface area contributed by atoms with Crippen LogP contribution in [-0.2, 0) is 46.2 Å². The van der Waals surface area contributed by atoms with E-state index in [-0.39, 0.29) is 68.4 Å². The summed E-state index contributed by atoms with van der Waals surface area (Å²) in [7, 11) is 0. The van der Waals surface area contributed by atoms with Crippen LogP contribution >= 0.6 is 0 Å². The van der Waals surface area contributed by atoms with Crippen LogP contribution in [0.25, 0.3) is 0 Å². The van der Waals surface area contributed by atoms with Crippen LogP contribution in [0.5, 0.6) is 11.5 Å². The van der Waals surface area contributed by atoms with Gasteiger partial charge >= 0.3 is 35.5 Å². The number of benzene rings is 4. The quantitative estimate of drug-likeness (QED) is 0.0786. The van der Waals surface area contributed by atoms with E-state index in [2.05, 4.69) is 36.0 Å². The van der Waals surface area contributed by atoms with Crippen LogP contribution in [0.3, 0.4) is 0 Å². The molecule has 0 aliphatic carbocycles. The first-order valence-electron chi connectivity index (χ1n) is 17.6. The average Bonchev–Trinajstić information content (AvgIpc) is 4.04. The number of nitrogens with zero attached hydrogens (tertiary/aromatic N) is 6. The summed E-state index contributed by atoms with van der Waals surface area (Å²) in [4.78, 5) is 13.3. The molecule has 7 rings (SSSR count). The standard InChI is InChI=1S/C38H30F9N7O5/c39-36(40,41)33(49-50-33)27-3-1-23(2-4-27)20-48-32(55)26-18-24(21-56-13-15-58-30-9-5-28(6-10-30)34(51-52-34)37(42,43)44)17-25(19-26)22-57-14-16-59-31-11-7-29(8-12-31)35(53-54-35)38(45,46)47/h1-12,17-19H,13-16,20-22H2,(H,48,55). The molecule has 0 bridgehead atoms. The number of carbonyl (C=O) groups excluding carboxylic acids is 1. The van der Waals surface area contributed by atoms with E-state index in [0.29, 0.717) is 28.2 Å². The minimum absolute atomic E-state index is 0.0152. The van der Waals surface area contributed by atoms with Gasteiger partial charge in [0.2, 0.25) is 0 Å². The zero-order valence-electron chi connectivity index (χ0n) is 30.2. The van der Waals surface area contributed by atoms with Gasteiger partial charge in [-0.3, -0.25) is 4.79 Å². The van der Waals surface area contributed by atoms with Gasteiger partial charge in [-0.1, -0.05) is 54.6 Å². The maximum absolute atomic E-state index is 13.4. The van der Waals surface area contributed by atoms with Crippen molar-refractivity contribution in [1.82, 2.24) is 5.32 Å². The fourth-order valence-electron chi connectivity index (χ4n) is 5.91. The van der Waals surface area contributed by atoms with Gasteiger partial charge in [0.1, 0.15) is 24.7 Å². The van der Waals surface area contributed by atoms with Gasteiger partial charge in [-0.15, -0.1) is 30.7 Å². The van der Waals surface area contributed by atoms with Gasteiger partial charge in [-0.05, 0) is 53.1 Å². The molecule has 0 saturated heterocycles. The number of hydrogen-bond acceptors (Lipinski definition) is 11. The Bertz CT molecular complexity index is 2120. The Hall–Kier alpha value is -5.96. The smallest absolute Gasteiger partial charge is 0.442 e. The molecule has 0 radical (unpaired) electrons. The Balaban J connectivity index is 0.926. The van der Waals surface area contributed by atoms with Crippen molar-refractivity contribution in [3.63, 3.8) is 0 Å². The maximum Gasteiger partial charge on any atom is 0.442 e. The number of hydrogen-bond donors (Lipinski definition) is 1. The molecule has 0 unspecified atom stereocenters. The van der Waals surface area contributed by atoms with E-state index in [1.54, 1.807) is 18.2 Å². The predicted molar refractivity (Wildman–Crippen MR) is 185 cm³/mol. The number of nitrogens with one attached hydrogen (secondary N) is 1. The highest BCUT2D eigenvalue weighted by Crippen LogP contribution is 2.54. The van der Waals surface area contributed by atoms with Crippen LogP contribution in [0.1, 0.15) is 43.7 Å². The van der Waals surface area contributed by atoms with Crippen molar-refractivity contribution in [2.24, 2.45) is 30.7 Å². The van der Waals surface area contributed by atoms with E-state index in [4.69, 9.17) is 18.9 Å². The average molecular weight is 836 g/mol. The minimum atomic E-state index is -4.68. The van der Waals surface area contributed by atoms with Gasteiger partial charge in [0.05, 0.1) is 26.4 Å². The van der Waals surface area contributed by atoms with Crippen molar-refractivity contribution in [3.8, 4) is 11.5 Å². The second-order valence-electron chi connectivity index (χ2n) is 13.4. The maximum atomic E-state index is 13.4. The van der Waals surface area contributed by atoms with Crippen LogP contribution in [0, 0.1) is 0 Å². The lowest BCUT2D eigenvalue weighted by molar-refractivity contribution is -0.166. The monoisotopic (exact) mass is 835 g/mol. The van der Waals surface area contributed by atoms with E-state index in [9.17, 15) is 44.3 Å². The molecule has 4 aromatic rings. The number of amides is 1. The lowest BCUT2D eigenvalue weighted by Gasteiger charge is -2.15. The van der Waals surface area contributed by atoms with Crippen LogP contribution < -0.4 is 14.8 Å². The highest BCUT2D eigenvalue weighted by Gasteiger charge is 2.66. The summed E-state index contributed by atoms with van der Waals surface area (Å²) in [5, 5.41) is 21.8. The summed E-state index contributed by atoms with van der Waals surface area (Å²) in [5.41, 5.74) is -6.20. The third-order valence-electron chi connectivity index (χ3n) is 9.25. The first-order valence-corrected chi connectivity index (χ1v) is 17.6. The SMILES string of the molecule is O=C(NCc1ccc(C2(C(F)(F)F)N=N2)cc1)c1cc(COCCOc2ccc(C3(C(F)(F)F)N=N3)cc2)cc(COCCOc2ccc(C3(C(F)(F)F)N=N3)cc2)c1. The van der Waals surface area contributed by atoms with Crippen molar-refractivity contribution in [2.75, 3.05) is 26.4 Å². The first-order chi connectivity index (χ1) is 27.9. The fraction of sp³-hybridized carbons (Fsp3) is 0.342. The number of rotatable bonds is 18. The van der Waals surface area contributed by atoms with Gasteiger partial charge in [0.15, 0.2) is 0 Å². The molecule has 3 aliphatic heterocycles. The molecule has 0 atom stereocenters. The van der Waals surface area contributed by atoms with E-state index in [1.165, 1.54) is 72.8 Å². The number of halogens is 9. The Labute approximate surface area is 328 Å². The second-order valence-corrected chi connectivity index (χ2v) is 13.4. The van der Waals surface area contributed by atoms with Gasteiger partial charge in [0.25, 0.3) is 5.91 Å². The van der Waals surface area contributed by atoms with E-state index in [0.717, 1.165) is 0 Å². The summed E-state index contributed by atoms with van der Waals surface area (Å²) < 4.78 is 142. The highest BCUT2D eigenvalue weighted by molar-refractivity contribution is 5.94. The number of ether oxygens (including phenoxy) is 4. The number of alkyl halides is 9. The molecular weight excluding hydrogens is 805 g/mol. The Morgan fingerprint density at radius 3 is 1.19 bits per heavy atom. The lowest BCUT2D eigenvalue weighted by Crippen LogP contribution is -2.30. The highest BCUT2D eigenvalue weighted by atomic mass is 19.4. The summed E-state index contributed by atoms with van der Waals surface area (Å²) in [6.45, 7) is 0.213. The zero-order chi connectivity index (χ0) is 42.1. The molecule has 0 aromatic heterocycles. The van der Waals surface area contributed by atoms with Crippen molar-refractivity contribution in [1.29, 1.82) is 0 Å². The summed E-state index contributed by atoms with van der Waals surface area (Å²) in [6, 6.07) is 20.6. The van der Waals surface area contributed by atoms with Crippen LogP contribution in [0.15, 0.2) is 122 Å². The Morgan fingerprint density at radius 1 is 0.492 bits per heavy atom. The molecule has 4 aromatic carbocycles. The van der Waals surface area contributed by atoms with Gasteiger partial charge in [-0.2, -0.15) is 39.5 Å². The van der Waals surface area contributed by atoms with E-state index in [1.807, 2.05) is 0 Å². The second kappa shape index (κ2) is 15.7. The predicted octanol–water partition coefficient (Wildman–Crippen LogP) is 9.35. The normalized spacial score (nSPS) is 16.8. The summed E-state index contributed by atoms with van der Waals surface area (Å²) in [5.74, 6) is 0.0795. The molecule has 310 valence electrons. The summed E-state index contributed by atoms with van der Waals surface area (Å²) >= 11 is 0. The van der Waals surface area contributed by atoms with Gasteiger partial charge in [-0.25, -0.2) is 0 Å². The van der Waals surface area contributed by atoms with Crippen molar-refractivity contribution in [3.05, 3.63) is 130 Å². The Morgan fingerprint density at radius 2 is 0.847 bits per heavy atom. The van der Waals surface area contributed by atoms with Crippen molar-refractivity contribution in [2.45, 2.75) is 55.3 Å². The molecule has 3 aliphatic rings. The molecule has 12 nitrogen and oxygen atoms in total. The third-order valence-corrected chi connectivity index (χ3v) is 9.25. The molecule has 21 heteroatoms. The van der Waals surface area contributed by atoms with Crippen molar-refractivity contribution < 1.29 is 63.3 Å². The van der Waals surface area contributed by atoms with E-state index < -0.39 is 41.4 Å². The fourth-order valence-corrected chi connectivity index (χ4v) is 5.91. The zero-order valence-corrected chi connectivity index (χ0v) is 30.2. The first kappa shape index (κ1) is 41.2.